The fraction of sp³-hybridized carbons (Fsp3) is 1.00. The first-order valence-corrected chi connectivity index (χ1v) is 8.22. The van der Waals surface area contributed by atoms with Gasteiger partial charge < -0.3 is 15.2 Å². The SMILES string of the molecule is CCC(O)(CC)CNCC1CCC2(CCCCC2)O1. The van der Waals surface area contributed by atoms with Crippen molar-refractivity contribution >= 4 is 0 Å². The van der Waals surface area contributed by atoms with E-state index in [-0.39, 0.29) is 5.60 Å². The Bertz CT molecular complexity index is 270. The average Bonchev–Trinajstić information content (AvgIpc) is 2.82. The zero-order valence-electron chi connectivity index (χ0n) is 12.7. The molecule has 112 valence electrons. The van der Waals surface area contributed by atoms with Crippen LogP contribution in [0, 0.1) is 0 Å². The summed E-state index contributed by atoms with van der Waals surface area (Å²) in [7, 11) is 0. The molecule has 0 aromatic heterocycles. The third-order valence-electron chi connectivity index (χ3n) is 5.25. The van der Waals surface area contributed by atoms with Gasteiger partial charge in [0.1, 0.15) is 0 Å². The highest BCUT2D eigenvalue weighted by Crippen LogP contribution is 2.41. The zero-order chi connectivity index (χ0) is 13.8. The predicted octanol–water partition coefficient (Wildman–Crippen LogP) is 3.01. The largest absolute Gasteiger partial charge is 0.389 e. The third kappa shape index (κ3) is 3.93. The highest BCUT2D eigenvalue weighted by molar-refractivity contribution is 4.92. The van der Waals surface area contributed by atoms with Crippen LogP contribution in [0.4, 0.5) is 0 Å². The smallest absolute Gasteiger partial charge is 0.0766 e. The van der Waals surface area contributed by atoms with Gasteiger partial charge in [0.15, 0.2) is 0 Å². The Hall–Kier alpha value is -0.120. The van der Waals surface area contributed by atoms with E-state index in [1.165, 1.54) is 44.9 Å². The quantitative estimate of drug-likeness (QED) is 0.779. The molecule has 1 aliphatic heterocycles. The summed E-state index contributed by atoms with van der Waals surface area (Å²) in [6.07, 6.45) is 11.0. The summed E-state index contributed by atoms with van der Waals surface area (Å²) < 4.78 is 6.33. The normalized spacial score (nSPS) is 27.0. The van der Waals surface area contributed by atoms with Gasteiger partial charge in [-0.1, -0.05) is 33.1 Å². The van der Waals surface area contributed by atoms with E-state index >= 15 is 0 Å². The monoisotopic (exact) mass is 269 g/mol. The summed E-state index contributed by atoms with van der Waals surface area (Å²) in [4.78, 5) is 0. The average molecular weight is 269 g/mol. The number of nitrogens with one attached hydrogen (secondary N) is 1. The highest BCUT2D eigenvalue weighted by atomic mass is 16.5. The van der Waals surface area contributed by atoms with Crippen molar-refractivity contribution in [3.63, 3.8) is 0 Å². The van der Waals surface area contributed by atoms with Crippen molar-refractivity contribution in [1.29, 1.82) is 0 Å². The summed E-state index contributed by atoms with van der Waals surface area (Å²) in [6, 6.07) is 0. The van der Waals surface area contributed by atoms with Crippen molar-refractivity contribution in [2.75, 3.05) is 13.1 Å². The highest BCUT2D eigenvalue weighted by Gasteiger charge is 2.40. The molecule has 0 radical (unpaired) electrons. The molecule has 0 aromatic rings. The minimum atomic E-state index is -0.541. The standard InChI is InChI=1S/C16H31NO2/c1-3-15(18,4-2)13-17-12-14-8-11-16(19-14)9-6-5-7-10-16/h14,17-18H,3-13H2,1-2H3. The molecule has 0 amide bonds. The number of hydrogen-bond donors (Lipinski definition) is 2. The van der Waals surface area contributed by atoms with Crippen LogP contribution in [0.1, 0.15) is 71.6 Å². The third-order valence-corrected chi connectivity index (χ3v) is 5.25. The fourth-order valence-electron chi connectivity index (χ4n) is 3.57. The molecule has 1 atom stereocenters. The molecule has 1 unspecified atom stereocenters. The van der Waals surface area contributed by atoms with Gasteiger partial charge in [0.05, 0.1) is 17.3 Å². The number of rotatable bonds is 6. The summed E-state index contributed by atoms with van der Waals surface area (Å²) >= 11 is 0. The zero-order valence-corrected chi connectivity index (χ0v) is 12.7. The van der Waals surface area contributed by atoms with Crippen LogP contribution in [-0.4, -0.2) is 35.5 Å². The molecular weight excluding hydrogens is 238 g/mol. The molecule has 1 heterocycles. The second-order valence-corrected chi connectivity index (χ2v) is 6.58. The lowest BCUT2D eigenvalue weighted by atomic mass is 9.83. The van der Waals surface area contributed by atoms with E-state index in [4.69, 9.17) is 4.74 Å². The van der Waals surface area contributed by atoms with Crippen LogP contribution in [0.5, 0.6) is 0 Å². The molecule has 2 N–H and O–H groups in total. The first kappa shape index (κ1) is 15.3. The lowest BCUT2D eigenvalue weighted by Crippen LogP contribution is -2.42. The summed E-state index contributed by atoms with van der Waals surface area (Å²) in [6.45, 7) is 5.68. The molecule has 3 nitrogen and oxygen atoms in total. The maximum Gasteiger partial charge on any atom is 0.0766 e. The van der Waals surface area contributed by atoms with Gasteiger partial charge in [-0.3, -0.25) is 0 Å². The first-order valence-electron chi connectivity index (χ1n) is 8.22. The van der Waals surface area contributed by atoms with Crippen LogP contribution in [0.3, 0.4) is 0 Å². The number of ether oxygens (including phenoxy) is 1. The van der Waals surface area contributed by atoms with Crippen LogP contribution < -0.4 is 5.32 Å². The Kier molecular flexibility index (Phi) is 5.27. The van der Waals surface area contributed by atoms with Crippen molar-refractivity contribution in [2.24, 2.45) is 0 Å². The Morgan fingerprint density at radius 3 is 2.47 bits per heavy atom. The second kappa shape index (κ2) is 6.55. The van der Waals surface area contributed by atoms with E-state index in [2.05, 4.69) is 5.32 Å². The predicted molar refractivity (Wildman–Crippen MR) is 78.3 cm³/mol. The second-order valence-electron chi connectivity index (χ2n) is 6.58. The van der Waals surface area contributed by atoms with E-state index < -0.39 is 5.60 Å². The first-order chi connectivity index (χ1) is 9.11. The van der Waals surface area contributed by atoms with E-state index in [9.17, 15) is 5.11 Å². The molecule has 1 saturated carbocycles. The summed E-state index contributed by atoms with van der Waals surface area (Å²) in [5, 5.41) is 13.7. The fourth-order valence-corrected chi connectivity index (χ4v) is 3.57. The van der Waals surface area contributed by atoms with Crippen LogP contribution >= 0.6 is 0 Å². The van der Waals surface area contributed by atoms with Crippen LogP contribution in [0.25, 0.3) is 0 Å². The Morgan fingerprint density at radius 1 is 1.16 bits per heavy atom. The van der Waals surface area contributed by atoms with E-state index in [1.807, 2.05) is 13.8 Å². The van der Waals surface area contributed by atoms with E-state index in [0.717, 1.165) is 19.4 Å². The Morgan fingerprint density at radius 2 is 1.84 bits per heavy atom. The molecule has 3 heteroatoms. The summed E-state index contributed by atoms with van der Waals surface area (Å²) in [5.74, 6) is 0. The van der Waals surface area contributed by atoms with Crippen molar-refractivity contribution in [3.05, 3.63) is 0 Å². The molecule has 0 bridgehead atoms. The molecule has 1 spiro atoms. The minimum absolute atomic E-state index is 0.219. The van der Waals surface area contributed by atoms with E-state index in [0.29, 0.717) is 12.6 Å². The molecule has 1 saturated heterocycles. The van der Waals surface area contributed by atoms with Crippen molar-refractivity contribution in [1.82, 2.24) is 5.32 Å². The van der Waals surface area contributed by atoms with Crippen LogP contribution in [-0.2, 0) is 4.74 Å². The molecule has 2 rings (SSSR count). The summed E-state index contributed by atoms with van der Waals surface area (Å²) in [5.41, 5.74) is -0.322. The van der Waals surface area contributed by atoms with Gasteiger partial charge in [-0.15, -0.1) is 0 Å². The van der Waals surface area contributed by atoms with Crippen LogP contribution in [0.2, 0.25) is 0 Å². The van der Waals surface area contributed by atoms with Gasteiger partial charge in [0.2, 0.25) is 0 Å². The van der Waals surface area contributed by atoms with Gasteiger partial charge in [0, 0.05) is 13.1 Å². The molecule has 1 aliphatic carbocycles. The van der Waals surface area contributed by atoms with Crippen LogP contribution in [0.15, 0.2) is 0 Å². The molecule has 19 heavy (non-hydrogen) atoms. The molecule has 2 aliphatic rings. The van der Waals surface area contributed by atoms with Crippen molar-refractivity contribution in [3.8, 4) is 0 Å². The van der Waals surface area contributed by atoms with Gasteiger partial charge in [0.25, 0.3) is 0 Å². The van der Waals surface area contributed by atoms with Crippen molar-refractivity contribution < 1.29 is 9.84 Å². The number of aliphatic hydroxyl groups is 1. The molecule has 0 aromatic carbocycles. The van der Waals surface area contributed by atoms with Gasteiger partial charge in [-0.25, -0.2) is 0 Å². The maximum absolute atomic E-state index is 10.2. The lowest BCUT2D eigenvalue weighted by molar-refractivity contribution is -0.0639. The minimum Gasteiger partial charge on any atom is -0.389 e. The lowest BCUT2D eigenvalue weighted by Gasteiger charge is -2.33. The van der Waals surface area contributed by atoms with E-state index in [1.54, 1.807) is 0 Å². The number of hydrogen-bond acceptors (Lipinski definition) is 3. The van der Waals surface area contributed by atoms with Gasteiger partial charge in [-0.05, 0) is 38.5 Å². The molecular formula is C16H31NO2. The van der Waals surface area contributed by atoms with Gasteiger partial charge in [-0.2, -0.15) is 0 Å². The Labute approximate surface area is 118 Å². The topological polar surface area (TPSA) is 41.5 Å². The van der Waals surface area contributed by atoms with Gasteiger partial charge >= 0.3 is 0 Å². The van der Waals surface area contributed by atoms with Crippen molar-refractivity contribution in [2.45, 2.75) is 88.9 Å². The molecule has 2 fully saturated rings. The maximum atomic E-state index is 10.2. The Balaban J connectivity index is 1.70.